The summed E-state index contributed by atoms with van der Waals surface area (Å²) in [6.07, 6.45) is 62.5. The summed E-state index contributed by atoms with van der Waals surface area (Å²) in [6.45, 7) is 9.62. The summed E-state index contributed by atoms with van der Waals surface area (Å²) in [4.78, 5) is 73.0. The fraction of sp³-hybridized carbons (Fsp3) is 0.951. The molecule has 100 heavy (non-hydrogen) atoms. The van der Waals surface area contributed by atoms with Crippen molar-refractivity contribution in [3.05, 3.63) is 0 Å². The molecule has 0 aromatic heterocycles. The molecule has 17 nitrogen and oxygen atoms in total. The number of phosphoric ester groups is 2. The Morgan fingerprint density at radius 3 is 0.710 bits per heavy atom. The number of esters is 4. The molecule has 0 rings (SSSR count). The molecule has 594 valence electrons. The predicted molar refractivity (Wildman–Crippen MR) is 409 cm³/mol. The average Bonchev–Trinajstić information content (AvgIpc) is 0.961. The van der Waals surface area contributed by atoms with Crippen LogP contribution in [0.1, 0.15) is 427 Å². The van der Waals surface area contributed by atoms with Crippen molar-refractivity contribution in [2.75, 3.05) is 39.6 Å². The first kappa shape index (κ1) is 98.1. The maximum Gasteiger partial charge on any atom is 0.472 e. The smallest absolute Gasteiger partial charge is 0.462 e. The molecule has 3 N–H and O–H groups in total. The van der Waals surface area contributed by atoms with Crippen LogP contribution in [0.25, 0.3) is 0 Å². The molecule has 0 aromatic carbocycles. The summed E-state index contributed by atoms with van der Waals surface area (Å²) in [6, 6.07) is 0. The Bertz CT molecular complexity index is 1930. The summed E-state index contributed by atoms with van der Waals surface area (Å²) in [5.41, 5.74) is 0. The fourth-order valence-electron chi connectivity index (χ4n) is 12.5. The zero-order valence-electron chi connectivity index (χ0n) is 65.5. The zero-order chi connectivity index (χ0) is 73.5. The van der Waals surface area contributed by atoms with Gasteiger partial charge in [0.25, 0.3) is 0 Å². The molecular weight excluding hydrogens is 1310 g/mol. The van der Waals surface area contributed by atoms with Crippen molar-refractivity contribution in [1.82, 2.24) is 0 Å². The van der Waals surface area contributed by atoms with Gasteiger partial charge in [-0.2, -0.15) is 0 Å². The second-order valence-electron chi connectivity index (χ2n) is 29.6. The molecule has 0 fully saturated rings. The van der Waals surface area contributed by atoms with Crippen molar-refractivity contribution >= 4 is 39.5 Å². The van der Waals surface area contributed by atoms with Gasteiger partial charge >= 0.3 is 39.5 Å². The van der Waals surface area contributed by atoms with Crippen LogP contribution in [0.5, 0.6) is 0 Å². The minimum atomic E-state index is -4.96. The van der Waals surface area contributed by atoms with Gasteiger partial charge in [-0.05, 0) is 37.5 Å². The van der Waals surface area contributed by atoms with E-state index in [9.17, 15) is 43.2 Å². The first-order valence-electron chi connectivity index (χ1n) is 42.1. The number of hydrogen-bond donors (Lipinski definition) is 3. The molecule has 19 heteroatoms. The second kappa shape index (κ2) is 72.6. The van der Waals surface area contributed by atoms with Gasteiger partial charge < -0.3 is 33.8 Å². The van der Waals surface area contributed by atoms with Crippen molar-refractivity contribution in [2.24, 2.45) is 11.8 Å². The Morgan fingerprint density at radius 2 is 0.480 bits per heavy atom. The average molecular weight is 1470 g/mol. The summed E-state index contributed by atoms with van der Waals surface area (Å²) < 4.78 is 68.7. The molecule has 0 radical (unpaired) electrons. The highest BCUT2D eigenvalue weighted by molar-refractivity contribution is 7.47. The Hall–Kier alpha value is -1.94. The molecule has 0 saturated carbocycles. The Kier molecular flexibility index (Phi) is 71.2. The third-order valence-corrected chi connectivity index (χ3v) is 21.6. The summed E-state index contributed by atoms with van der Waals surface area (Å²) in [5, 5.41) is 10.6. The van der Waals surface area contributed by atoms with Gasteiger partial charge in [0.1, 0.15) is 19.3 Å². The maximum absolute atomic E-state index is 13.1. The van der Waals surface area contributed by atoms with Gasteiger partial charge in [-0.3, -0.25) is 37.3 Å². The molecule has 0 spiro atoms. The van der Waals surface area contributed by atoms with Crippen molar-refractivity contribution in [3.63, 3.8) is 0 Å². The lowest BCUT2D eigenvalue weighted by Crippen LogP contribution is -2.30. The third kappa shape index (κ3) is 71.7. The lowest BCUT2D eigenvalue weighted by molar-refractivity contribution is -0.161. The first-order valence-corrected chi connectivity index (χ1v) is 45.1. The second-order valence-corrected chi connectivity index (χ2v) is 32.6. The monoisotopic (exact) mass is 1470 g/mol. The standard InChI is InChI=1S/C81H158O17P2/c1-7-11-13-15-17-19-21-23-25-26-27-28-29-30-32-34-36-41-45-53-59-65-80(85)97-76(69-91-78(83)63-57-51-44-40-35-33-31-24-22-20-18-16-14-12-8-2)71-95-99(87,88)93-67-75(82)68-94-100(89,90)96-72-77(70-92-79(84)64-58-52-48-47-50-56-62-74(6)10-4)98-81(86)66-60-54-46-42-38-37-39-43-49-55-61-73(5)9-3/h73-77,82H,7-72H2,1-6H3,(H,87,88)(H,89,90)/t73?,74?,75-,76-,77-/m1/s1. The minimum Gasteiger partial charge on any atom is -0.462 e. The molecule has 0 bridgehead atoms. The first-order chi connectivity index (χ1) is 48.4. The van der Waals surface area contributed by atoms with Crippen LogP contribution in [-0.2, 0) is 65.4 Å². The molecule has 0 heterocycles. The quantitative estimate of drug-likeness (QED) is 0.0222. The van der Waals surface area contributed by atoms with Crippen molar-refractivity contribution in [3.8, 4) is 0 Å². The van der Waals surface area contributed by atoms with Gasteiger partial charge in [-0.1, -0.05) is 375 Å². The number of phosphoric acid groups is 2. The number of rotatable bonds is 80. The maximum atomic E-state index is 13.1. The van der Waals surface area contributed by atoms with E-state index in [1.165, 1.54) is 238 Å². The number of hydrogen-bond acceptors (Lipinski definition) is 15. The lowest BCUT2D eigenvalue weighted by atomic mass is 9.99. The molecule has 7 atom stereocenters. The van der Waals surface area contributed by atoms with Crippen LogP contribution in [0.15, 0.2) is 0 Å². The predicted octanol–water partition coefficient (Wildman–Crippen LogP) is 24.3. The van der Waals surface area contributed by atoms with E-state index < -0.39 is 97.5 Å². The Labute approximate surface area is 613 Å². The molecular formula is C81H158O17P2. The summed E-state index contributed by atoms with van der Waals surface area (Å²) in [7, 11) is -9.92. The Balaban J connectivity index is 5.23. The molecule has 0 aliphatic carbocycles. The van der Waals surface area contributed by atoms with Crippen LogP contribution in [0.3, 0.4) is 0 Å². The van der Waals surface area contributed by atoms with Crippen molar-refractivity contribution in [1.29, 1.82) is 0 Å². The van der Waals surface area contributed by atoms with Crippen LogP contribution in [-0.4, -0.2) is 96.7 Å². The van der Waals surface area contributed by atoms with Crippen molar-refractivity contribution < 1.29 is 80.2 Å². The van der Waals surface area contributed by atoms with Gasteiger partial charge in [0, 0.05) is 25.7 Å². The van der Waals surface area contributed by atoms with Crippen LogP contribution in [0.4, 0.5) is 0 Å². The normalized spacial score (nSPS) is 14.4. The highest BCUT2D eigenvalue weighted by Gasteiger charge is 2.30. The van der Waals surface area contributed by atoms with Crippen LogP contribution in [0, 0.1) is 11.8 Å². The SMILES string of the molecule is CCCCCCCCCCCCCCCCCCCCCCCC(=O)O[C@H](COC(=O)CCCCCCCCCCCCCCCCC)COP(=O)(O)OC[C@@H](O)COP(=O)(O)OC[C@@H](COC(=O)CCCCCCCCC(C)CC)OC(=O)CCCCCCCCCCCCC(C)CC. The molecule has 0 aliphatic rings. The lowest BCUT2D eigenvalue weighted by Gasteiger charge is -2.21. The highest BCUT2D eigenvalue weighted by Crippen LogP contribution is 2.45. The minimum absolute atomic E-state index is 0.106. The topological polar surface area (TPSA) is 237 Å². The largest absolute Gasteiger partial charge is 0.472 e. The zero-order valence-corrected chi connectivity index (χ0v) is 67.3. The van der Waals surface area contributed by atoms with E-state index in [-0.39, 0.29) is 25.7 Å². The molecule has 0 saturated heterocycles. The van der Waals surface area contributed by atoms with Gasteiger partial charge in [-0.15, -0.1) is 0 Å². The van der Waals surface area contributed by atoms with Gasteiger partial charge in [0.05, 0.1) is 26.4 Å². The molecule has 0 amide bonds. The van der Waals surface area contributed by atoms with E-state index in [1.54, 1.807) is 0 Å². The molecule has 4 unspecified atom stereocenters. The number of carbonyl (C=O) groups is 4. The van der Waals surface area contributed by atoms with Crippen LogP contribution >= 0.6 is 15.6 Å². The van der Waals surface area contributed by atoms with Crippen molar-refractivity contribution in [2.45, 2.75) is 445 Å². The van der Waals surface area contributed by atoms with Crippen LogP contribution in [0.2, 0.25) is 0 Å². The summed E-state index contributed by atoms with van der Waals surface area (Å²) in [5.74, 6) is -0.577. The Morgan fingerprint density at radius 1 is 0.280 bits per heavy atom. The number of unbranched alkanes of at least 4 members (excludes halogenated alkanes) is 48. The van der Waals surface area contributed by atoms with Gasteiger partial charge in [0.15, 0.2) is 12.2 Å². The van der Waals surface area contributed by atoms with Gasteiger partial charge in [0.2, 0.25) is 0 Å². The molecule has 0 aliphatic heterocycles. The highest BCUT2D eigenvalue weighted by atomic mass is 31.2. The third-order valence-electron chi connectivity index (χ3n) is 19.7. The summed E-state index contributed by atoms with van der Waals surface area (Å²) >= 11 is 0. The number of aliphatic hydroxyl groups is 1. The van der Waals surface area contributed by atoms with Crippen LogP contribution < -0.4 is 0 Å². The van der Waals surface area contributed by atoms with E-state index in [2.05, 4.69) is 41.5 Å². The number of aliphatic hydroxyl groups excluding tert-OH is 1. The number of ether oxygens (including phenoxy) is 4. The van der Waals surface area contributed by atoms with E-state index in [0.29, 0.717) is 25.7 Å². The van der Waals surface area contributed by atoms with E-state index >= 15 is 0 Å². The number of carbonyl (C=O) groups excluding carboxylic acids is 4. The van der Waals surface area contributed by atoms with Gasteiger partial charge in [-0.25, -0.2) is 9.13 Å². The molecule has 0 aromatic rings. The van der Waals surface area contributed by atoms with E-state index in [1.807, 2.05) is 0 Å². The fourth-order valence-corrected chi connectivity index (χ4v) is 14.1. The van der Waals surface area contributed by atoms with E-state index in [4.69, 9.17) is 37.0 Å². The van der Waals surface area contributed by atoms with E-state index in [0.717, 1.165) is 108 Å².